The van der Waals surface area contributed by atoms with E-state index in [1.54, 1.807) is 22.0 Å². The molecule has 0 amide bonds. The number of rotatable bonds is 4. The van der Waals surface area contributed by atoms with Gasteiger partial charge in [-0.1, -0.05) is 36.7 Å². The molecule has 0 saturated heterocycles. The predicted molar refractivity (Wildman–Crippen MR) is 108 cm³/mol. The molecule has 0 N–H and O–H groups in total. The first-order valence-corrected chi connectivity index (χ1v) is 10.3. The zero-order valence-electron chi connectivity index (χ0n) is 14.8. The zero-order valence-corrected chi connectivity index (χ0v) is 16.3. The Balaban J connectivity index is 1.99. The number of nitrogens with zero attached hydrogens (tertiary/aromatic N) is 2. The van der Waals surface area contributed by atoms with Gasteiger partial charge in [0.15, 0.2) is 0 Å². The van der Waals surface area contributed by atoms with E-state index in [1.165, 1.54) is 15.0 Å². The number of benzene rings is 1. The number of fused-ring (bicyclic) bond motifs is 3. The van der Waals surface area contributed by atoms with Gasteiger partial charge in [0.2, 0.25) is 0 Å². The van der Waals surface area contributed by atoms with Gasteiger partial charge in [-0.05, 0) is 49.3 Å². The Hall–Kier alpha value is -1.85. The zero-order chi connectivity index (χ0) is 18.3. The number of thiophene rings is 1. The lowest BCUT2D eigenvalue weighted by Crippen LogP contribution is -2.40. The average Bonchev–Trinajstić information content (AvgIpc) is 3.03. The molecule has 1 aliphatic rings. The summed E-state index contributed by atoms with van der Waals surface area (Å²) in [5.74, 6) is 0. The lowest BCUT2D eigenvalue weighted by atomic mass is 9.97. The standard InChI is InChI=1S/C20H21ClN2O2S/c1-2-11-22-19-17(14-8-4-6-10-16(14)26-19)18(24)23(20(22)25)12-13-7-3-5-9-15(13)21/h3,5,7,9H,2,4,6,8,10-12H2,1H3. The minimum atomic E-state index is -0.233. The van der Waals surface area contributed by atoms with Crippen LogP contribution in [-0.2, 0) is 25.9 Å². The van der Waals surface area contributed by atoms with E-state index >= 15 is 0 Å². The topological polar surface area (TPSA) is 44.0 Å². The summed E-state index contributed by atoms with van der Waals surface area (Å²) in [7, 11) is 0. The number of hydrogen-bond donors (Lipinski definition) is 0. The number of aryl methyl sites for hydroxylation is 3. The van der Waals surface area contributed by atoms with Crippen molar-refractivity contribution in [3.63, 3.8) is 0 Å². The third-order valence-electron chi connectivity index (χ3n) is 5.05. The van der Waals surface area contributed by atoms with Gasteiger partial charge in [0.1, 0.15) is 4.83 Å². The molecule has 26 heavy (non-hydrogen) atoms. The van der Waals surface area contributed by atoms with Gasteiger partial charge in [-0.3, -0.25) is 13.9 Å². The summed E-state index contributed by atoms with van der Waals surface area (Å²) in [5.41, 5.74) is 1.55. The molecular formula is C20H21ClN2O2S. The van der Waals surface area contributed by atoms with Gasteiger partial charge in [-0.2, -0.15) is 0 Å². The molecule has 2 heterocycles. The first-order valence-electron chi connectivity index (χ1n) is 9.13. The third-order valence-corrected chi connectivity index (χ3v) is 6.74. The van der Waals surface area contributed by atoms with Crippen molar-refractivity contribution in [1.29, 1.82) is 0 Å². The van der Waals surface area contributed by atoms with Crippen LogP contribution in [0.3, 0.4) is 0 Å². The van der Waals surface area contributed by atoms with E-state index in [-0.39, 0.29) is 17.8 Å². The van der Waals surface area contributed by atoms with Gasteiger partial charge in [0.25, 0.3) is 5.56 Å². The third kappa shape index (κ3) is 2.83. The lowest BCUT2D eigenvalue weighted by molar-refractivity contribution is 0.595. The van der Waals surface area contributed by atoms with Crippen molar-refractivity contribution in [2.45, 2.75) is 52.1 Å². The van der Waals surface area contributed by atoms with Crippen molar-refractivity contribution in [3.05, 3.63) is 66.1 Å². The Morgan fingerprint density at radius 3 is 2.65 bits per heavy atom. The molecule has 0 fully saturated rings. The maximum absolute atomic E-state index is 13.3. The Morgan fingerprint density at radius 1 is 1.12 bits per heavy atom. The van der Waals surface area contributed by atoms with Crippen molar-refractivity contribution in [1.82, 2.24) is 9.13 Å². The van der Waals surface area contributed by atoms with Crippen LogP contribution in [0.5, 0.6) is 0 Å². The van der Waals surface area contributed by atoms with E-state index < -0.39 is 0 Å². The fourth-order valence-electron chi connectivity index (χ4n) is 3.77. The van der Waals surface area contributed by atoms with E-state index in [2.05, 4.69) is 6.92 Å². The second kappa shape index (κ2) is 7.05. The summed E-state index contributed by atoms with van der Waals surface area (Å²) in [6.45, 7) is 2.88. The second-order valence-corrected chi connectivity index (χ2v) is 8.30. The van der Waals surface area contributed by atoms with Crippen LogP contribution < -0.4 is 11.2 Å². The average molecular weight is 389 g/mol. The van der Waals surface area contributed by atoms with E-state index in [1.807, 2.05) is 18.2 Å². The summed E-state index contributed by atoms with van der Waals surface area (Å²) < 4.78 is 3.15. The van der Waals surface area contributed by atoms with Crippen molar-refractivity contribution in [2.75, 3.05) is 0 Å². The van der Waals surface area contributed by atoms with Gasteiger partial charge in [0.05, 0.1) is 11.9 Å². The van der Waals surface area contributed by atoms with Gasteiger partial charge >= 0.3 is 5.69 Å². The van der Waals surface area contributed by atoms with E-state index in [0.29, 0.717) is 11.6 Å². The number of aromatic nitrogens is 2. The van der Waals surface area contributed by atoms with Crippen LogP contribution >= 0.6 is 22.9 Å². The molecule has 0 saturated carbocycles. The molecule has 0 spiro atoms. The van der Waals surface area contributed by atoms with Crippen molar-refractivity contribution in [3.8, 4) is 0 Å². The quantitative estimate of drug-likeness (QED) is 0.671. The predicted octanol–water partition coefficient (Wildman–Crippen LogP) is 4.22. The monoisotopic (exact) mass is 388 g/mol. The fourth-order valence-corrected chi connectivity index (χ4v) is 5.37. The molecule has 0 aliphatic heterocycles. The van der Waals surface area contributed by atoms with Crippen LogP contribution in [-0.4, -0.2) is 9.13 Å². The second-order valence-electron chi connectivity index (χ2n) is 6.81. The van der Waals surface area contributed by atoms with Crippen molar-refractivity contribution < 1.29 is 0 Å². The maximum Gasteiger partial charge on any atom is 0.332 e. The minimum Gasteiger partial charge on any atom is -0.284 e. The highest BCUT2D eigenvalue weighted by atomic mass is 35.5. The molecule has 0 atom stereocenters. The normalized spacial score (nSPS) is 13.9. The van der Waals surface area contributed by atoms with Crippen LogP contribution in [0.4, 0.5) is 0 Å². The lowest BCUT2D eigenvalue weighted by Gasteiger charge is -2.13. The van der Waals surface area contributed by atoms with Crippen molar-refractivity contribution >= 4 is 33.2 Å². The maximum atomic E-state index is 13.3. The first kappa shape index (κ1) is 17.6. The Morgan fingerprint density at radius 2 is 1.88 bits per heavy atom. The van der Waals surface area contributed by atoms with Crippen LogP contribution in [0.1, 0.15) is 42.2 Å². The van der Waals surface area contributed by atoms with Crippen LogP contribution in [0, 0.1) is 0 Å². The Kier molecular flexibility index (Phi) is 4.76. The smallest absolute Gasteiger partial charge is 0.284 e. The van der Waals surface area contributed by atoms with E-state index in [9.17, 15) is 9.59 Å². The molecule has 6 heteroatoms. The first-order chi connectivity index (χ1) is 12.6. The molecule has 1 aliphatic carbocycles. The fraction of sp³-hybridized carbons (Fsp3) is 0.400. The van der Waals surface area contributed by atoms with Gasteiger partial charge in [-0.25, -0.2) is 4.79 Å². The summed E-state index contributed by atoms with van der Waals surface area (Å²) in [6.07, 6.45) is 5.06. The summed E-state index contributed by atoms with van der Waals surface area (Å²) >= 11 is 7.91. The summed E-state index contributed by atoms with van der Waals surface area (Å²) in [5, 5.41) is 1.33. The Labute approximate surface area is 160 Å². The molecule has 2 aromatic heterocycles. The van der Waals surface area contributed by atoms with E-state index in [0.717, 1.165) is 47.9 Å². The molecule has 0 bridgehead atoms. The molecule has 4 rings (SSSR count). The highest BCUT2D eigenvalue weighted by Crippen LogP contribution is 2.34. The SMILES string of the molecule is CCCn1c(=O)n(Cc2ccccc2Cl)c(=O)c2c3c(sc21)CCCC3. The molecule has 0 radical (unpaired) electrons. The highest BCUT2D eigenvalue weighted by Gasteiger charge is 2.23. The van der Waals surface area contributed by atoms with Gasteiger partial charge in [0, 0.05) is 16.4 Å². The van der Waals surface area contributed by atoms with Gasteiger partial charge in [-0.15, -0.1) is 11.3 Å². The largest absolute Gasteiger partial charge is 0.332 e. The molecule has 136 valence electrons. The van der Waals surface area contributed by atoms with Crippen LogP contribution in [0.15, 0.2) is 33.9 Å². The molecule has 1 aromatic carbocycles. The molecular weight excluding hydrogens is 368 g/mol. The van der Waals surface area contributed by atoms with Gasteiger partial charge < -0.3 is 0 Å². The van der Waals surface area contributed by atoms with Crippen molar-refractivity contribution in [2.24, 2.45) is 0 Å². The highest BCUT2D eigenvalue weighted by molar-refractivity contribution is 7.18. The Bertz CT molecular complexity index is 1090. The summed E-state index contributed by atoms with van der Waals surface area (Å²) in [4.78, 5) is 28.5. The molecule has 0 unspecified atom stereocenters. The minimum absolute atomic E-state index is 0.170. The molecule has 4 nitrogen and oxygen atoms in total. The number of hydrogen-bond acceptors (Lipinski definition) is 3. The van der Waals surface area contributed by atoms with Crippen LogP contribution in [0.25, 0.3) is 10.2 Å². The number of halogens is 1. The molecule has 3 aromatic rings. The van der Waals surface area contributed by atoms with E-state index in [4.69, 9.17) is 11.6 Å². The summed E-state index contributed by atoms with van der Waals surface area (Å²) in [6, 6.07) is 7.38. The van der Waals surface area contributed by atoms with Crippen LogP contribution in [0.2, 0.25) is 5.02 Å².